The van der Waals surface area contributed by atoms with E-state index < -0.39 is 0 Å². The Kier molecular flexibility index (Phi) is 3.88. The van der Waals surface area contributed by atoms with Crippen LogP contribution in [0.1, 0.15) is 35.3 Å². The second kappa shape index (κ2) is 5.96. The van der Waals surface area contributed by atoms with Gasteiger partial charge < -0.3 is 21.1 Å². The summed E-state index contributed by atoms with van der Waals surface area (Å²) in [5.41, 5.74) is 7.73. The molecule has 1 amide bonds. The minimum Gasteiger partial charge on any atom is -0.396 e. The summed E-state index contributed by atoms with van der Waals surface area (Å²) in [6.07, 6.45) is 4.31. The number of nitrogens with one attached hydrogen (secondary N) is 1. The summed E-state index contributed by atoms with van der Waals surface area (Å²) in [6, 6.07) is 2.09. The highest BCUT2D eigenvalue weighted by molar-refractivity contribution is 5.98. The summed E-state index contributed by atoms with van der Waals surface area (Å²) in [7, 11) is 0. The number of aromatic nitrogens is 3. The van der Waals surface area contributed by atoms with Crippen molar-refractivity contribution >= 4 is 17.4 Å². The first-order valence-corrected chi connectivity index (χ1v) is 8.78. The summed E-state index contributed by atoms with van der Waals surface area (Å²) in [5.74, 6) is 0.168. The molecular formula is C17H24N6O2. The van der Waals surface area contributed by atoms with Crippen molar-refractivity contribution in [1.82, 2.24) is 24.8 Å². The van der Waals surface area contributed by atoms with E-state index in [0.717, 1.165) is 31.5 Å². The molecule has 0 bridgehead atoms. The molecule has 4 rings (SSSR count). The third-order valence-corrected chi connectivity index (χ3v) is 5.65. The van der Waals surface area contributed by atoms with Crippen molar-refractivity contribution in [2.75, 3.05) is 32.0 Å². The number of anilines is 1. The predicted octanol–water partition coefficient (Wildman–Crippen LogP) is 0.197. The van der Waals surface area contributed by atoms with Crippen LogP contribution in [0.25, 0.3) is 5.65 Å². The summed E-state index contributed by atoms with van der Waals surface area (Å²) < 4.78 is 1.51. The van der Waals surface area contributed by atoms with E-state index in [0.29, 0.717) is 30.1 Å². The van der Waals surface area contributed by atoms with Gasteiger partial charge in [0.2, 0.25) is 0 Å². The van der Waals surface area contributed by atoms with Gasteiger partial charge in [-0.3, -0.25) is 4.79 Å². The third kappa shape index (κ3) is 2.56. The summed E-state index contributed by atoms with van der Waals surface area (Å²) in [4.78, 5) is 19.2. The average Bonchev–Trinajstić information content (AvgIpc) is 3.02. The quantitative estimate of drug-likeness (QED) is 0.718. The Bertz CT molecular complexity index is 819. The molecule has 134 valence electrons. The second-order valence-electron chi connectivity index (χ2n) is 7.26. The van der Waals surface area contributed by atoms with Crippen molar-refractivity contribution in [2.45, 2.75) is 32.2 Å². The lowest BCUT2D eigenvalue weighted by molar-refractivity contribution is -0.0137. The van der Waals surface area contributed by atoms with Crippen LogP contribution in [0.3, 0.4) is 0 Å². The van der Waals surface area contributed by atoms with Crippen molar-refractivity contribution in [3.63, 3.8) is 0 Å². The van der Waals surface area contributed by atoms with E-state index in [4.69, 9.17) is 5.73 Å². The molecule has 8 heteroatoms. The van der Waals surface area contributed by atoms with E-state index in [-0.39, 0.29) is 24.0 Å². The van der Waals surface area contributed by atoms with E-state index >= 15 is 0 Å². The minimum atomic E-state index is -0.263. The van der Waals surface area contributed by atoms with Gasteiger partial charge in [-0.1, -0.05) is 0 Å². The Morgan fingerprint density at radius 1 is 1.56 bits per heavy atom. The number of amides is 1. The molecule has 2 saturated heterocycles. The molecule has 0 unspecified atom stereocenters. The largest absolute Gasteiger partial charge is 0.396 e. The molecule has 2 fully saturated rings. The SMILES string of the molecule is Cc1cc2ncc(C(=O)N3CC[C@H]4NCCC[C@]4(CO)C3)c(N)n2n1. The molecule has 2 aromatic rings. The van der Waals surface area contributed by atoms with Crippen molar-refractivity contribution in [3.05, 3.63) is 23.5 Å². The molecule has 2 aliphatic heterocycles. The number of aliphatic hydroxyl groups is 1. The number of nitrogens with zero attached hydrogens (tertiary/aromatic N) is 4. The second-order valence-corrected chi connectivity index (χ2v) is 7.26. The number of hydrogen-bond acceptors (Lipinski definition) is 6. The fraction of sp³-hybridized carbons (Fsp3) is 0.588. The number of carbonyl (C=O) groups excluding carboxylic acids is 1. The number of fused-ring (bicyclic) bond motifs is 2. The Hall–Kier alpha value is -2.19. The van der Waals surface area contributed by atoms with E-state index in [2.05, 4.69) is 15.4 Å². The number of aryl methyl sites for hydroxylation is 1. The molecule has 0 aliphatic carbocycles. The molecule has 4 N–H and O–H groups in total. The van der Waals surface area contributed by atoms with Crippen LogP contribution in [0.4, 0.5) is 5.82 Å². The zero-order valence-electron chi connectivity index (χ0n) is 14.4. The standard InChI is InChI=1S/C17H24N6O2/c1-11-7-14-20-8-12(15(18)23(14)21-11)16(25)22-6-3-13-17(9-22,10-24)4-2-5-19-13/h7-8,13,19,24H,2-6,9-10,18H2,1H3/t13-,17-/m1/s1. The zero-order chi connectivity index (χ0) is 17.6. The van der Waals surface area contributed by atoms with Crippen molar-refractivity contribution in [1.29, 1.82) is 0 Å². The van der Waals surface area contributed by atoms with Gasteiger partial charge in [-0.15, -0.1) is 0 Å². The molecule has 0 radical (unpaired) electrons. The number of aliphatic hydroxyl groups excluding tert-OH is 1. The molecule has 2 atom stereocenters. The van der Waals surface area contributed by atoms with Gasteiger partial charge in [0.25, 0.3) is 5.91 Å². The van der Waals surface area contributed by atoms with Crippen LogP contribution in [0.5, 0.6) is 0 Å². The molecular weight excluding hydrogens is 320 g/mol. The van der Waals surface area contributed by atoms with Gasteiger partial charge in [0.15, 0.2) is 5.65 Å². The number of likely N-dealkylation sites (tertiary alicyclic amines) is 1. The smallest absolute Gasteiger partial charge is 0.259 e. The first kappa shape index (κ1) is 16.3. The predicted molar refractivity (Wildman–Crippen MR) is 93.2 cm³/mol. The summed E-state index contributed by atoms with van der Waals surface area (Å²) >= 11 is 0. The van der Waals surface area contributed by atoms with E-state index in [9.17, 15) is 9.90 Å². The van der Waals surface area contributed by atoms with Gasteiger partial charge in [0.1, 0.15) is 11.4 Å². The van der Waals surface area contributed by atoms with Crippen LogP contribution in [0.2, 0.25) is 0 Å². The van der Waals surface area contributed by atoms with Crippen LogP contribution >= 0.6 is 0 Å². The van der Waals surface area contributed by atoms with Gasteiger partial charge in [0.05, 0.1) is 12.3 Å². The van der Waals surface area contributed by atoms with Gasteiger partial charge in [-0.25, -0.2) is 4.98 Å². The van der Waals surface area contributed by atoms with Crippen molar-refractivity contribution < 1.29 is 9.90 Å². The molecule has 0 spiro atoms. The molecule has 25 heavy (non-hydrogen) atoms. The first-order chi connectivity index (χ1) is 12.0. The number of nitrogens with two attached hydrogens (primary N) is 1. The Balaban J connectivity index is 1.64. The maximum atomic E-state index is 13.1. The molecule has 4 heterocycles. The monoisotopic (exact) mass is 344 g/mol. The van der Waals surface area contributed by atoms with Gasteiger partial charge in [-0.05, 0) is 32.7 Å². The maximum Gasteiger partial charge on any atom is 0.259 e. The minimum absolute atomic E-state index is 0.0829. The summed E-state index contributed by atoms with van der Waals surface area (Å²) in [5, 5.41) is 17.8. The molecule has 0 saturated carbocycles. The lowest BCUT2D eigenvalue weighted by atomic mass is 9.70. The normalized spacial score (nSPS) is 26.6. The first-order valence-electron chi connectivity index (χ1n) is 8.78. The summed E-state index contributed by atoms with van der Waals surface area (Å²) in [6.45, 7) is 4.11. The fourth-order valence-electron chi connectivity index (χ4n) is 4.26. The van der Waals surface area contributed by atoms with E-state index in [1.165, 1.54) is 10.7 Å². The van der Waals surface area contributed by atoms with Crippen molar-refractivity contribution in [3.8, 4) is 0 Å². The number of rotatable bonds is 2. The molecule has 8 nitrogen and oxygen atoms in total. The van der Waals surface area contributed by atoms with Gasteiger partial charge >= 0.3 is 0 Å². The Morgan fingerprint density at radius 3 is 3.20 bits per heavy atom. The highest BCUT2D eigenvalue weighted by Gasteiger charge is 2.45. The van der Waals surface area contributed by atoms with E-state index in [1.807, 2.05) is 13.0 Å². The molecule has 2 aromatic heterocycles. The average molecular weight is 344 g/mol. The highest BCUT2D eigenvalue weighted by Crippen LogP contribution is 2.37. The number of nitrogen functional groups attached to an aromatic ring is 1. The number of piperidine rings is 2. The fourth-order valence-corrected chi connectivity index (χ4v) is 4.26. The number of carbonyl (C=O) groups is 1. The Morgan fingerprint density at radius 2 is 2.40 bits per heavy atom. The van der Waals surface area contributed by atoms with Crippen LogP contribution in [0, 0.1) is 12.3 Å². The lowest BCUT2D eigenvalue weighted by Gasteiger charge is -2.50. The maximum absolute atomic E-state index is 13.1. The van der Waals surface area contributed by atoms with Crippen LogP contribution < -0.4 is 11.1 Å². The lowest BCUT2D eigenvalue weighted by Crippen LogP contribution is -2.62. The van der Waals surface area contributed by atoms with Gasteiger partial charge in [0, 0.05) is 36.8 Å². The third-order valence-electron chi connectivity index (χ3n) is 5.65. The topological polar surface area (TPSA) is 109 Å². The van der Waals surface area contributed by atoms with E-state index in [1.54, 1.807) is 4.90 Å². The van der Waals surface area contributed by atoms with Gasteiger partial charge in [-0.2, -0.15) is 9.61 Å². The van der Waals surface area contributed by atoms with Crippen LogP contribution in [0.15, 0.2) is 12.3 Å². The highest BCUT2D eigenvalue weighted by atomic mass is 16.3. The van der Waals surface area contributed by atoms with Crippen LogP contribution in [-0.2, 0) is 0 Å². The Labute approximate surface area is 146 Å². The number of hydrogen-bond donors (Lipinski definition) is 3. The molecule has 0 aromatic carbocycles. The van der Waals surface area contributed by atoms with Crippen LogP contribution in [-0.4, -0.2) is 62.8 Å². The van der Waals surface area contributed by atoms with Crippen molar-refractivity contribution in [2.24, 2.45) is 5.41 Å². The molecule has 2 aliphatic rings. The zero-order valence-corrected chi connectivity index (χ0v) is 14.4.